The summed E-state index contributed by atoms with van der Waals surface area (Å²) < 4.78 is 13.9. The number of nitro groups is 1. The average molecular weight is 427 g/mol. The fourth-order valence-electron chi connectivity index (χ4n) is 2.39. The van der Waals surface area contributed by atoms with Crippen molar-refractivity contribution in [2.45, 2.75) is 6.54 Å². The van der Waals surface area contributed by atoms with Gasteiger partial charge in [0.1, 0.15) is 10.8 Å². The van der Waals surface area contributed by atoms with E-state index in [9.17, 15) is 24.1 Å². The smallest absolute Gasteiger partial charge is 0.268 e. The molecule has 0 unspecified atom stereocenters. The lowest BCUT2D eigenvalue weighted by atomic mass is 10.1. The van der Waals surface area contributed by atoms with Gasteiger partial charge in [-0.25, -0.2) is 4.39 Å². The van der Waals surface area contributed by atoms with Gasteiger partial charge in [-0.15, -0.1) is 0 Å². The van der Waals surface area contributed by atoms with E-state index < -0.39 is 21.9 Å². The fraction of sp³-hybridized carbons (Fsp3) is 0.0588. The topological polar surface area (TPSA) is 80.5 Å². The van der Waals surface area contributed by atoms with Crippen LogP contribution in [0.25, 0.3) is 6.08 Å². The summed E-state index contributed by atoms with van der Waals surface area (Å²) in [7, 11) is 0. The van der Waals surface area contributed by atoms with Crippen molar-refractivity contribution in [1.82, 2.24) is 4.90 Å². The highest BCUT2D eigenvalue weighted by molar-refractivity contribution is 8.18. The molecule has 2 amide bonds. The molecule has 10 heteroatoms. The molecule has 0 N–H and O–H groups in total. The number of carbonyl (C=O) groups is 2. The maximum Gasteiger partial charge on any atom is 0.293 e. The zero-order chi connectivity index (χ0) is 19.7. The van der Waals surface area contributed by atoms with Crippen molar-refractivity contribution in [3.63, 3.8) is 0 Å². The van der Waals surface area contributed by atoms with E-state index in [2.05, 4.69) is 0 Å². The minimum absolute atomic E-state index is 0.0323. The van der Waals surface area contributed by atoms with E-state index >= 15 is 0 Å². The van der Waals surface area contributed by atoms with Gasteiger partial charge < -0.3 is 0 Å². The lowest BCUT2D eigenvalue weighted by molar-refractivity contribution is -0.384. The van der Waals surface area contributed by atoms with Gasteiger partial charge in [0.2, 0.25) is 0 Å². The minimum atomic E-state index is -0.647. The lowest BCUT2D eigenvalue weighted by Gasteiger charge is -2.14. The van der Waals surface area contributed by atoms with Crippen molar-refractivity contribution in [3.8, 4) is 0 Å². The molecule has 2 aromatic rings. The molecular formula is C17H9Cl2FN2O4S. The minimum Gasteiger partial charge on any atom is -0.268 e. The summed E-state index contributed by atoms with van der Waals surface area (Å²) in [5.41, 5.74) is 0.0492. The number of benzene rings is 2. The van der Waals surface area contributed by atoms with E-state index in [0.29, 0.717) is 17.3 Å². The zero-order valence-electron chi connectivity index (χ0n) is 13.3. The van der Waals surface area contributed by atoms with Crippen LogP contribution in [0.2, 0.25) is 10.0 Å². The van der Waals surface area contributed by atoms with Crippen LogP contribution in [-0.2, 0) is 11.3 Å². The summed E-state index contributed by atoms with van der Waals surface area (Å²) in [6.07, 6.45) is 1.34. The monoisotopic (exact) mass is 426 g/mol. The van der Waals surface area contributed by atoms with Crippen molar-refractivity contribution < 1.29 is 18.9 Å². The second-order valence-electron chi connectivity index (χ2n) is 5.44. The predicted molar refractivity (Wildman–Crippen MR) is 101 cm³/mol. The molecule has 3 rings (SSSR count). The Morgan fingerprint density at radius 2 is 1.93 bits per heavy atom. The fourth-order valence-corrected chi connectivity index (χ4v) is 3.64. The molecule has 138 valence electrons. The molecule has 6 nitrogen and oxygen atoms in total. The Hall–Kier alpha value is -2.42. The Kier molecular flexibility index (Phi) is 5.50. The number of imide groups is 1. The van der Waals surface area contributed by atoms with Gasteiger partial charge in [0.05, 0.1) is 16.4 Å². The van der Waals surface area contributed by atoms with Gasteiger partial charge in [-0.1, -0.05) is 35.3 Å². The standard InChI is InChI=1S/C17H9Cl2FN2O4S/c18-11-2-1-3-13(20)10(11)8-21-16(23)15(27-17(21)24)7-9-4-5-12(19)14(6-9)22(25)26/h1-7H,8H2/b15-7-. The number of thioether (sulfide) groups is 1. The van der Waals surface area contributed by atoms with E-state index in [-0.39, 0.29) is 32.7 Å². The molecule has 1 fully saturated rings. The summed E-state index contributed by atoms with van der Waals surface area (Å²) in [5, 5.41) is 10.4. The largest absolute Gasteiger partial charge is 0.293 e. The molecule has 1 saturated heterocycles. The number of halogens is 3. The van der Waals surface area contributed by atoms with E-state index in [4.69, 9.17) is 23.2 Å². The van der Waals surface area contributed by atoms with Gasteiger partial charge in [0.25, 0.3) is 16.8 Å². The first kappa shape index (κ1) is 19.3. The highest BCUT2D eigenvalue weighted by Crippen LogP contribution is 2.35. The normalized spacial score (nSPS) is 15.7. The maximum absolute atomic E-state index is 13.9. The van der Waals surface area contributed by atoms with Gasteiger partial charge in [-0.2, -0.15) is 0 Å². The van der Waals surface area contributed by atoms with Crippen molar-refractivity contribution in [3.05, 3.63) is 78.4 Å². The first-order chi connectivity index (χ1) is 12.8. The summed E-state index contributed by atoms with van der Waals surface area (Å²) in [6, 6.07) is 8.07. The molecule has 0 aliphatic carbocycles. The Labute approximate surface area is 166 Å². The molecule has 1 heterocycles. The molecule has 0 spiro atoms. The van der Waals surface area contributed by atoms with Gasteiger partial charge in [0.15, 0.2) is 0 Å². The molecular weight excluding hydrogens is 418 g/mol. The van der Waals surface area contributed by atoms with Crippen LogP contribution in [0.1, 0.15) is 11.1 Å². The molecule has 0 aromatic heterocycles. The van der Waals surface area contributed by atoms with Crippen LogP contribution in [0, 0.1) is 15.9 Å². The number of amides is 2. The summed E-state index contributed by atoms with van der Waals surface area (Å²) in [4.78, 5) is 35.9. The Balaban J connectivity index is 1.89. The Bertz CT molecular complexity index is 992. The zero-order valence-corrected chi connectivity index (χ0v) is 15.6. The summed E-state index contributed by atoms with van der Waals surface area (Å²) >= 11 is 12.4. The third-order valence-electron chi connectivity index (χ3n) is 3.72. The van der Waals surface area contributed by atoms with Gasteiger partial charge in [-0.05, 0) is 41.6 Å². The van der Waals surface area contributed by atoms with Gasteiger partial charge in [-0.3, -0.25) is 24.6 Å². The highest BCUT2D eigenvalue weighted by atomic mass is 35.5. The molecule has 1 aliphatic heterocycles. The molecule has 0 bridgehead atoms. The SMILES string of the molecule is O=C1S/C(=C\c2ccc(Cl)c([N+](=O)[O-])c2)C(=O)N1Cc1c(F)cccc1Cl. The van der Waals surface area contributed by atoms with Crippen LogP contribution in [0.5, 0.6) is 0 Å². The van der Waals surface area contributed by atoms with Crippen molar-refractivity contribution in [1.29, 1.82) is 0 Å². The van der Waals surface area contributed by atoms with Crippen LogP contribution >= 0.6 is 35.0 Å². The van der Waals surface area contributed by atoms with E-state index in [0.717, 1.165) is 4.90 Å². The Morgan fingerprint density at radius 1 is 1.19 bits per heavy atom. The average Bonchev–Trinajstić information content (AvgIpc) is 2.86. The molecule has 2 aromatic carbocycles. The number of hydrogen-bond acceptors (Lipinski definition) is 5. The quantitative estimate of drug-likeness (QED) is 0.377. The predicted octanol–water partition coefficient (Wildman–Crippen LogP) is 5.28. The second kappa shape index (κ2) is 7.67. The van der Waals surface area contributed by atoms with Gasteiger partial charge >= 0.3 is 0 Å². The van der Waals surface area contributed by atoms with Crippen molar-refractivity contribution in [2.24, 2.45) is 0 Å². The lowest BCUT2D eigenvalue weighted by Crippen LogP contribution is -2.28. The molecule has 0 saturated carbocycles. The van der Waals surface area contributed by atoms with E-state index in [1.807, 2.05) is 0 Å². The van der Waals surface area contributed by atoms with E-state index in [1.54, 1.807) is 0 Å². The summed E-state index contributed by atoms with van der Waals surface area (Å²) in [5.74, 6) is -1.26. The maximum atomic E-state index is 13.9. The number of nitrogens with zero attached hydrogens (tertiary/aromatic N) is 2. The molecule has 1 aliphatic rings. The number of hydrogen-bond donors (Lipinski definition) is 0. The van der Waals surface area contributed by atoms with E-state index in [1.165, 1.54) is 42.5 Å². The molecule has 0 radical (unpaired) electrons. The number of nitro benzene ring substituents is 1. The van der Waals surface area contributed by atoms with Gasteiger partial charge in [0, 0.05) is 16.7 Å². The third-order valence-corrected chi connectivity index (χ3v) is 5.30. The second-order valence-corrected chi connectivity index (χ2v) is 7.24. The number of carbonyl (C=O) groups excluding carboxylic acids is 2. The van der Waals surface area contributed by atoms with Crippen LogP contribution in [0.3, 0.4) is 0 Å². The molecule has 0 atom stereocenters. The van der Waals surface area contributed by atoms with Crippen molar-refractivity contribution in [2.75, 3.05) is 0 Å². The van der Waals surface area contributed by atoms with Crippen LogP contribution in [0.15, 0.2) is 41.3 Å². The first-order valence-electron chi connectivity index (χ1n) is 7.40. The Morgan fingerprint density at radius 3 is 2.59 bits per heavy atom. The summed E-state index contributed by atoms with van der Waals surface area (Å²) in [6.45, 7) is -0.311. The van der Waals surface area contributed by atoms with Crippen LogP contribution < -0.4 is 0 Å². The van der Waals surface area contributed by atoms with Crippen LogP contribution in [0.4, 0.5) is 14.9 Å². The van der Waals surface area contributed by atoms with Crippen molar-refractivity contribution >= 4 is 57.9 Å². The number of rotatable bonds is 4. The third kappa shape index (κ3) is 3.97. The molecule has 27 heavy (non-hydrogen) atoms. The highest BCUT2D eigenvalue weighted by Gasteiger charge is 2.36. The van der Waals surface area contributed by atoms with Crippen LogP contribution in [-0.4, -0.2) is 21.0 Å². The first-order valence-corrected chi connectivity index (χ1v) is 8.97.